The molecule has 0 spiro atoms. The third-order valence-electron chi connectivity index (χ3n) is 2.70. The summed E-state index contributed by atoms with van der Waals surface area (Å²) in [4.78, 5) is 12.0. The average molecular weight is 399 g/mol. The first-order valence-electron chi connectivity index (χ1n) is 6.06. The summed E-state index contributed by atoms with van der Waals surface area (Å²) in [5, 5.41) is 26.1. The van der Waals surface area contributed by atoms with Crippen LogP contribution in [0.4, 0.5) is 5.69 Å². The number of benzene rings is 2. The lowest BCUT2D eigenvalue weighted by atomic mass is 10.2. The van der Waals surface area contributed by atoms with Crippen molar-refractivity contribution in [1.29, 1.82) is 0 Å². The molecule has 0 heterocycles. The second kappa shape index (κ2) is 6.75. The summed E-state index contributed by atoms with van der Waals surface area (Å²) in [6.07, 6.45) is 0.917. The van der Waals surface area contributed by atoms with Crippen molar-refractivity contribution in [2.45, 2.75) is 4.90 Å². The molecule has 0 amide bonds. The molecule has 0 atom stereocenters. The lowest BCUT2D eigenvalue weighted by Crippen LogP contribution is -2.18. The van der Waals surface area contributed by atoms with Gasteiger partial charge in [-0.25, -0.2) is 4.83 Å². The van der Waals surface area contributed by atoms with E-state index in [2.05, 4.69) is 21.0 Å². The molecular weight excluding hydrogens is 390 g/mol. The monoisotopic (exact) mass is 398 g/mol. The Balaban J connectivity index is 2.26. The molecular formula is C13H9BrN3O5S-. The van der Waals surface area contributed by atoms with Crippen LogP contribution < -0.4 is 9.94 Å². The number of sulfonamides is 1. The van der Waals surface area contributed by atoms with Crippen molar-refractivity contribution in [3.63, 3.8) is 0 Å². The van der Waals surface area contributed by atoms with Crippen LogP contribution in [-0.2, 0) is 10.0 Å². The van der Waals surface area contributed by atoms with Crippen LogP contribution in [0.1, 0.15) is 5.56 Å². The van der Waals surface area contributed by atoms with Gasteiger partial charge in [0.2, 0.25) is 0 Å². The molecule has 10 heteroatoms. The maximum atomic E-state index is 11.9. The summed E-state index contributed by atoms with van der Waals surface area (Å²) in [7, 11) is -3.88. The van der Waals surface area contributed by atoms with E-state index in [9.17, 15) is 23.6 Å². The van der Waals surface area contributed by atoms with Crippen molar-refractivity contribution < 1.29 is 18.4 Å². The summed E-state index contributed by atoms with van der Waals surface area (Å²) in [5.74, 6) is -0.543. The largest absolute Gasteiger partial charge is 0.871 e. The van der Waals surface area contributed by atoms with Crippen LogP contribution in [0, 0.1) is 10.1 Å². The van der Waals surface area contributed by atoms with Gasteiger partial charge in [0, 0.05) is 16.6 Å². The zero-order valence-electron chi connectivity index (χ0n) is 11.3. The number of rotatable bonds is 5. The number of hydrogen-bond donors (Lipinski definition) is 1. The molecule has 8 nitrogen and oxygen atoms in total. The zero-order valence-corrected chi connectivity index (χ0v) is 13.7. The predicted molar refractivity (Wildman–Crippen MR) is 84.6 cm³/mol. The summed E-state index contributed by atoms with van der Waals surface area (Å²) in [5.41, 5.74) is -0.439. The molecule has 0 aliphatic heterocycles. The van der Waals surface area contributed by atoms with E-state index >= 15 is 0 Å². The molecule has 0 aromatic heterocycles. The highest BCUT2D eigenvalue weighted by Crippen LogP contribution is 2.29. The fourth-order valence-electron chi connectivity index (χ4n) is 1.62. The Kier molecular flexibility index (Phi) is 4.96. The number of nitrogens with one attached hydrogen (secondary N) is 1. The lowest BCUT2D eigenvalue weighted by molar-refractivity contribution is -0.385. The molecule has 1 N–H and O–H groups in total. The SMILES string of the molecule is O=[N+]([O-])c1cc(Br)c([O-])c(/C=N/NS(=O)(=O)c2ccccc2)c1. The van der Waals surface area contributed by atoms with E-state index in [1.54, 1.807) is 18.2 Å². The highest BCUT2D eigenvalue weighted by Gasteiger charge is 2.12. The van der Waals surface area contributed by atoms with Crippen LogP contribution in [0.25, 0.3) is 0 Å². The molecule has 2 aromatic carbocycles. The smallest absolute Gasteiger partial charge is 0.276 e. The molecule has 23 heavy (non-hydrogen) atoms. The predicted octanol–water partition coefficient (Wildman–Crippen LogP) is 1.74. The number of nitro groups is 1. The van der Waals surface area contributed by atoms with Crippen LogP contribution in [0.3, 0.4) is 0 Å². The highest BCUT2D eigenvalue weighted by molar-refractivity contribution is 9.10. The Morgan fingerprint density at radius 1 is 1.22 bits per heavy atom. The molecule has 0 saturated carbocycles. The van der Waals surface area contributed by atoms with Gasteiger partial charge in [0.25, 0.3) is 15.7 Å². The van der Waals surface area contributed by atoms with Crippen molar-refractivity contribution in [2.75, 3.05) is 0 Å². The van der Waals surface area contributed by atoms with Gasteiger partial charge < -0.3 is 5.11 Å². The normalized spacial score (nSPS) is 11.5. The molecule has 0 bridgehead atoms. The minimum atomic E-state index is -3.88. The second-order valence-electron chi connectivity index (χ2n) is 4.27. The van der Waals surface area contributed by atoms with Gasteiger partial charge in [-0.15, -0.1) is 0 Å². The molecule has 0 aliphatic carbocycles. The second-order valence-corrected chi connectivity index (χ2v) is 6.78. The molecule has 120 valence electrons. The molecule has 0 unspecified atom stereocenters. The minimum Gasteiger partial charge on any atom is -0.871 e. The lowest BCUT2D eigenvalue weighted by Gasteiger charge is -2.12. The zero-order chi connectivity index (χ0) is 17.0. The van der Waals surface area contributed by atoms with Gasteiger partial charge in [0.05, 0.1) is 16.0 Å². The van der Waals surface area contributed by atoms with Crippen molar-refractivity contribution in [2.24, 2.45) is 5.10 Å². The molecule has 2 rings (SSSR count). The first-order valence-corrected chi connectivity index (χ1v) is 8.34. The van der Waals surface area contributed by atoms with Crippen LogP contribution in [0.5, 0.6) is 5.75 Å². The standard InChI is InChI=1S/C13H10BrN3O5S/c14-12-7-10(17(19)20)6-9(13(12)18)8-15-16-23(21,22)11-4-2-1-3-5-11/h1-8,16,18H/p-1/b15-8+. The third kappa shape index (κ3) is 4.05. The van der Waals surface area contributed by atoms with Crippen molar-refractivity contribution >= 4 is 37.9 Å². The summed E-state index contributed by atoms with van der Waals surface area (Å²) in [6.45, 7) is 0. The molecule has 0 radical (unpaired) electrons. The van der Waals surface area contributed by atoms with Gasteiger partial charge >= 0.3 is 0 Å². The van der Waals surface area contributed by atoms with E-state index < -0.39 is 20.7 Å². The summed E-state index contributed by atoms with van der Waals surface area (Å²) < 4.78 is 23.8. The number of hydrazone groups is 1. The molecule has 2 aromatic rings. The molecule has 0 fully saturated rings. The van der Waals surface area contributed by atoms with E-state index in [0.29, 0.717) is 0 Å². The van der Waals surface area contributed by atoms with Crippen molar-refractivity contribution in [3.8, 4) is 5.75 Å². The minimum absolute atomic E-state index is 0.000260. The van der Waals surface area contributed by atoms with Crippen molar-refractivity contribution in [1.82, 2.24) is 4.83 Å². The third-order valence-corrected chi connectivity index (χ3v) is 4.53. The summed E-state index contributed by atoms with van der Waals surface area (Å²) >= 11 is 2.92. The van der Waals surface area contributed by atoms with E-state index in [-0.39, 0.29) is 20.6 Å². The number of hydrogen-bond acceptors (Lipinski definition) is 6. The first kappa shape index (κ1) is 16.9. The van der Waals surface area contributed by atoms with Gasteiger partial charge in [-0.1, -0.05) is 39.9 Å². The van der Waals surface area contributed by atoms with Gasteiger partial charge in [-0.2, -0.15) is 13.5 Å². The Labute approximate surface area is 139 Å². The van der Waals surface area contributed by atoms with Crippen LogP contribution in [0.2, 0.25) is 0 Å². The highest BCUT2D eigenvalue weighted by atomic mass is 79.9. The first-order chi connectivity index (χ1) is 10.8. The summed E-state index contributed by atoms with van der Waals surface area (Å²) in [6, 6.07) is 9.58. The Morgan fingerprint density at radius 3 is 2.48 bits per heavy atom. The van der Waals surface area contributed by atoms with Gasteiger partial charge in [0.1, 0.15) is 0 Å². The van der Waals surface area contributed by atoms with Gasteiger partial charge in [-0.05, 0) is 17.7 Å². The Morgan fingerprint density at radius 2 is 1.87 bits per heavy atom. The van der Waals surface area contributed by atoms with E-state index in [4.69, 9.17) is 0 Å². The van der Waals surface area contributed by atoms with E-state index in [0.717, 1.165) is 18.3 Å². The maximum absolute atomic E-state index is 11.9. The Hall–Kier alpha value is -2.46. The van der Waals surface area contributed by atoms with Crippen LogP contribution in [0.15, 0.2) is 56.9 Å². The van der Waals surface area contributed by atoms with Crippen LogP contribution >= 0.6 is 15.9 Å². The number of halogens is 1. The van der Waals surface area contributed by atoms with Gasteiger partial charge in [-0.3, -0.25) is 10.1 Å². The number of non-ortho nitro benzene ring substituents is 1. The maximum Gasteiger partial charge on any atom is 0.276 e. The van der Waals surface area contributed by atoms with Crippen molar-refractivity contribution in [3.05, 3.63) is 62.6 Å². The quantitative estimate of drug-likeness (QED) is 0.466. The van der Waals surface area contributed by atoms with Crippen LogP contribution in [-0.4, -0.2) is 19.6 Å². The number of nitrogens with zero attached hydrogens (tertiary/aromatic N) is 2. The number of nitro benzene ring substituents is 1. The fraction of sp³-hybridized carbons (Fsp3) is 0. The topological polar surface area (TPSA) is 125 Å². The molecule has 0 saturated heterocycles. The average Bonchev–Trinajstić information content (AvgIpc) is 2.51. The van der Waals surface area contributed by atoms with Gasteiger partial charge in [0.15, 0.2) is 0 Å². The Bertz CT molecular complexity index is 869. The molecule has 0 aliphatic rings. The van der Waals surface area contributed by atoms with E-state index in [1.165, 1.54) is 12.1 Å². The fourth-order valence-corrected chi connectivity index (χ4v) is 2.89. The van der Waals surface area contributed by atoms with E-state index in [1.807, 2.05) is 4.83 Å².